The van der Waals surface area contributed by atoms with Crippen molar-refractivity contribution in [2.75, 3.05) is 12.5 Å². The van der Waals surface area contributed by atoms with Gasteiger partial charge in [-0.25, -0.2) is 0 Å². The highest BCUT2D eigenvalue weighted by atomic mass is 35.5. The zero-order valence-corrected chi connectivity index (χ0v) is 13.2. The molecule has 0 atom stereocenters. The van der Waals surface area contributed by atoms with Crippen molar-refractivity contribution in [2.45, 2.75) is 20.8 Å². The maximum absolute atomic E-state index is 12.6. The normalized spacial score (nSPS) is 11.6. The fourth-order valence-electron chi connectivity index (χ4n) is 1.53. The lowest BCUT2D eigenvalue weighted by molar-refractivity contribution is 0.0753. The van der Waals surface area contributed by atoms with Gasteiger partial charge in [0.05, 0.1) is 16.9 Å². The Balaban J connectivity index is 2.48. The van der Waals surface area contributed by atoms with Crippen LogP contribution in [0.4, 0.5) is 0 Å². The first-order valence-corrected chi connectivity index (χ1v) is 7.65. The van der Waals surface area contributed by atoms with E-state index in [0.717, 1.165) is 4.88 Å². The Hall–Kier alpha value is -1.40. The molecule has 0 unspecified atom stereocenters. The first kappa shape index (κ1) is 15.0. The van der Waals surface area contributed by atoms with Crippen LogP contribution >= 0.6 is 22.9 Å². The smallest absolute Gasteiger partial charge is 0.336 e. The summed E-state index contributed by atoms with van der Waals surface area (Å²) in [6.07, 6.45) is 0. The van der Waals surface area contributed by atoms with Crippen molar-refractivity contribution >= 4 is 28.8 Å². The van der Waals surface area contributed by atoms with Gasteiger partial charge in [-0.3, -0.25) is 4.79 Å². The number of carbonyl (C=O) groups excluding carboxylic acids is 1. The molecule has 20 heavy (non-hydrogen) atoms. The van der Waals surface area contributed by atoms with Gasteiger partial charge in [-0.05, 0) is 32.2 Å². The van der Waals surface area contributed by atoms with Crippen LogP contribution in [-0.4, -0.2) is 33.2 Å². The molecule has 2 aromatic heterocycles. The van der Waals surface area contributed by atoms with Gasteiger partial charge in [0.25, 0.3) is 5.91 Å². The number of ether oxygens (including phenoxy) is 1. The Bertz CT molecular complexity index is 593. The Morgan fingerprint density at radius 3 is 2.85 bits per heavy atom. The number of rotatable bonds is 5. The highest BCUT2D eigenvalue weighted by Gasteiger charge is 2.32. The summed E-state index contributed by atoms with van der Waals surface area (Å²) in [5.41, 5.74) is -0.718. The summed E-state index contributed by atoms with van der Waals surface area (Å²) in [6, 6.07) is 3.99. The van der Waals surface area contributed by atoms with E-state index >= 15 is 0 Å². The zero-order valence-electron chi connectivity index (χ0n) is 11.6. The second-order valence-corrected chi connectivity index (χ2v) is 6.08. The molecule has 2 heterocycles. The molecule has 7 heteroatoms. The van der Waals surface area contributed by atoms with E-state index in [1.54, 1.807) is 13.8 Å². The summed E-state index contributed by atoms with van der Waals surface area (Å²) in [4.78, 5) is 17.7. The third-order valence-electron chi connectivity index (χ3n) is 2.71. The summed E-state index contributed by atoms with van der Waals surface area (Å²) in [7, 11) is 0. The van der Waals surface area contributed by atoms with E-state index in [1.165, 1.54) is 16.0 Å². The van der Waals surface area contributed by atoms with Gasteiger partial charge in [0.1, 0.15) is 0 Å². The quantitative estimate of drug-likeness (QED) is 0.795. The standard InChI is InChI=1S/C13H16ClN3O2S/c1-4-19-12-15-10(9-6-5-7-20-9)17(16-12)11(18)13(2,3)8-14/h5-7H,4,8H2,1-3H3. The lowest BCUT2D eigenvalue weighted by Gasteiger charge is -2.19. The molecule has 0 aliphatic rings. The number of carbonyl (C=O) groups is 1. The maximum Gasteiger partial charge on any atom is 0.336 e. The molecule has 2 aromatic rings. The molecule has 0 bridgehead atoms. The van der Waals surface area contributed by atoms with E-state index in [4.69, 9.17) is 16.3 Å². The molecule has 0 fully saturated rings. The van der Waals surface area contributed by atoms with Gasteiger partial charge in [0.15, 0.2) is 5.82 Å². The van der Waals surface area contributed by atoms with Crippen molar-refractivity contribution in [3.63, 3.8) is 0 Å². The average molecular weight is 314 g/mol. The molecule has 0 aliphatic heterocycles. The third kappa shape index (κ3) is 2.86. The molecule has 0 aliphatic carbocycles. The van der Waals surface area contributed by atoms with E-state index in [9.17, 15) is 4.79 Å². The Morgan fingerprint density at radius 1 is 1.55 bits per heavy atom. The molecule has 0 saturated heterocycles. The van der Waals surface area contributed by atoms with Crippen LogP contribution in [0, 0.1) is 5.41 Å². The van der Waals surface area contributed by atoms with Crippen LogP contribution in [0.15, 0.2) is 17.5 Å². The highest BCUT2D eigenvalue weighted by Crippen LogP contribution is 2.28. The summed E-state index contributed by atoms with van der Waals surface area (Å²) in [5, 5.41) is 6.07. The number of aromatic nitrogens is 3. The summed E-state index contributed by atoms with van der Waals surface area (Å²) in [6.45, 7) is 5.85. The first-order valence-electron chi connectivity index (χ1n) is 6.24. The summed E-state index contributed by atoms with van der Waals surface area (Å²) >= 11 is 7.37. The lowest BCUT2D eigenvalue weighted by atomic mass is 9.95. The molecular weight excluding hydrogens is 298 g/mol. The van der Waals surface area contributed by atoms with Crippen molar-refractivity contribution < 1.29 is 9.53 Å². The fraction of sp³-hybridized carbons (Fsp3) is 0.462. The lowest BCUT2D eigenvalue weighted by Crippen LogP contribution is -2.32. The number of hydrogen-bond acceptors (Lipinski definition) is 5. The van der Waals surface area contributed by atoms with Crippen LogP contribution in [0.5, 0.6) is 6.01 Å². The molecule has 5 nitrogen and oxygen atoms in total. The minimum absolute atomic E-state index is 0.200. The molecular formula is C13H16ClN3O2S. The molecule has 0 amide bonds. The van der Waals surface area contributed by atoms with Crippen molar-refractivity contribution in [1.82, 2.24) is 14.8 Å². The minimum Gasteiger partial charge on any atom is -0.463 e. The second kappa shape index (κ2) is 5.93. The zero-order chi connectivity index (χ0) is 14.8. The minimum atomic E-state index is -0.718. The molecule has 2 rings (SSSR count). The average Bonchev–Trinajstić information content (AvgIpc) is 3.06. The van der Waals surface area contributed by atoms with Crippen molar-refractivity contribution in [1.29, 1.82) is 0 Å². The highest BCUT2D eigenvalue weighted by molar-refractivity contribution is 7.13. The van der Waals surface area contributed by atoms with E-state index in [2.05, 4.69) is 10.1 Å². The third-order valence-corrected chi connectivity index (χ3v) is 4.24. The van der Waals surface area contributed by atoms with Gasteiger partial charge in [-0.15, -0.1) is 28.0 Å². The van der Waals surface area contributed by atoms with Crippen molar-refractivity contribution in [3.8, 4) is 16.7 Å². The van der Waals surface area contributed by atoms with Gasteiger partial charge in [-0.1, -0.05) is 6.07 Å². The van der Waals surface area contributed by atoms with Crippen LogP contribution < -0.4 is 4.74 Å². The number of alkyl halides is 1. The number of halogens is 1. The Labute approximate surface area is 126 Å². The van der Waals surface area contributed by atoms with E-state index in [0.29, 0.717) is 12.4 Å². The van der Waals surface area contributed by atoms with Crippen molar-refractivity contribution in [2.24, 2.45) is 5.41 Å². The largest absolute Gasteiger partial charge is 0.463 e. The number of thiophene rings is 1. The molecule has 0 radical (unpaired) electrons. The second-order valence-electron chi connectivity index (χ2n) is 4.86. The molecule has 0 spiro atoms. The number of nitrogens with zero attached hydrogens (tertiary/aromatic N) is 3. The van der Waals surface area contributed by atoms with Gasteiger partial charge < -0.3 is 4.74 Å². The topological polar surface area (TPSA) is 57.0 Å². The maximum atomic E-state index is 12.6. The summed E-state index contributed by atoms with van der Waals surface area (Å²) in [5.74, 6) is 0.500. The van der Waals surface area contributed by atoms with E-state index < -0.39 is 5.41 Å². The molecule has 0 aromatic carbocycles. The van der Waals surface area contributed by atoms with E-state index in [1.807, 2.05) is 24.4 Å². The Morgan fingerprint density at radius 2 is 2.30 bits per heavy atom. The van der Waals surface area contributed by atoms with Gasteiger partial charge in [0.2, 0.25) is 0 Å². The van der Waals surface area contributed by atoms with Crippen molar-refractivity contribution in [3.05, 3.63) is 17.5 Å². The van der Waals surface area contributed by atoms with Gasteiger partial charge in [-0.2, -0.15) is 9.67 Å². The van der Waals surface area contributed by atoms with Crippen LogP contribution in [-0.2, 0) is 0 Å². The monoisotopic (exact) mass is 313 g/mol. The Kier molecular flexibility index (Phi) is 4.45. The fourth-order valence-corrected chi connectivity index (χ4v) is 2.35. The first-order chi connectivity index (χ1) is 9.49. The van der Waals surface area contributed by atoms with Gasteiger partial charge in [0, 0.05) is 5.88 Å². The van der Waals surface area contributed by atoms with Crippen LogP contribution in [0.3, 0.4) is 0 Å². The number of hydrogen-bond donors (Lipinski definition) is 0. The SMILES string of the molecule is CCOc1nc(-c2cccs2)n(C(=O)C(C)(C)CCl)n1. The van der Waals surface area contributed by atoms with E-state index in [-0.39, 0.29) is 17.8 Å². The molecule has 0 N–H and O–H groups in total. The molecule has 108 valence electrons. The van der Waals surface area contributed by atoms with Crippen LogP contribution in [0.2, 0.25) is 0 Å². The summed E-state index contributed by atoms with van der Waals surface area (Å²) < 4.78 is 6.59. The van der Waals surface area contributed by atoms with Crippen LogP contribution in [0.1, 0.15) is 25.6 Å². The van der Waals surface area contributed by atoms with Gasteiger partial charge >= 0.3 is 6.01 Å². The molecule has 0 saturated carbocycles. The van der Waals surface area contributed by atoms with Crippen LogP contribution in [0.25, 0.3) is 10.7 Å². The predicted molar refractivity (Wildman–Crippen MR) is 79.6 cm³/mol. The predicted octanol–water partition coefficient (Wildman–Crippen LogP) is 3.31.